The second-order valence-electron chi connectivity index (χ2n) is 2.24. The summed E-state index contributed by atoms with van der Waals surface area (Å²) < 4.78 is 0. The van der Waals surface area contributed by atoms with Gasteiger partial charge in [0, 0.05) is 0 Å². The lowest BCUT2D eigenvalue weighted by molar-refractivity contribution is 1.02. The highest BCUT2D eigenvalue weighted by Gasteiger charge is 2.06. The summed E-state index contributed by atoms with van der Waals surface area (Å²) >= 11 is 0. The lowest BCUT2D eigenvalue weighted by atomic mass is 10.3. The Hall–Kier alpha value is -1.77. The Balaban J connectivity index is 3.47. The van der Waals surface area contributed by atoms with Crippen molar-refractivity contribution in [3.8, 4) is 6.07 Å². The summed E-state index contributed by atoms with van der Waals surface area (Å²) in [6.45, 7) is 1.66. The van der Waals surface area contributed by atoms with E-state index < -0.39 is 5.56 Å². The Bertz CT molecular complexity index is 392. The van der Waals surface area contributed by atoms with E-state index in [-0.39, 0.29) is 5.56 Å². The van der Waals surface area contributed by atoms with E-state index in [4.69, 9.17) is 5.26 Å². The van der Waals surface area contributed by atoms with Gasteiger partial charge in [0.25, 0.3) is 5.56 Å². The number of nitrogens with zero attached hydrogens (tertiary/aromatic N) is 2. The number of hydrogen-bond donors (Lipinski definition) is 2. The molecule has 0 radical (unpaired) electrons. The molecule has 0 spiro atoms. The van der Waals surface area contributed by atoms with Gasteiger partial charge in [0.05, 0.1) is 0 Å². The molecule has 0 bridgehead atoms. The summed E-state index contributed by atoms with van der Waals surface area (Å²) in [5.74, 6) is 0.808. The average Bonchev–Trinajstić information content (AvgIpc) is 2.03. The number of rotatable bonds is 1. The second kappa shape index (κ2) is 3.09. The quantitative estimate of drug-likeness (QED) is 0.514. The molecule has 0 aliphatic heterocycles. The minimum Gasteiger partial charge on any atom is -0.418 e. The highest BCUT2D eigenvalue weighted by atomic mass is 16.1. The molecular formula is C6H7BN4O. The second-order valence-corrected chi connectivity index (χ2v) is 2.24. The summed E-state index contributed by atoms with van der Waals surface area (Å²) in [6.07, 6.45) is 0. The first-order valence-electron chi connectivity index (χ1n) is 3.37. The van der Waals surface area contributed by atoms with Crippen molar-refractivity contribution >= 4 is 13.8 Å². The van der Waals surface area contributed by atoms with E-state index in [9.17, 15) is 4.79 Å². The van der Waals surface area contributed by atoms with Gasteiger partial charge in [-0.25, -0.2) is 4.98 Å². The first-order chi connectivity index (χ1) is 5.69. The van der Waals surface area contributed by atoms with Crippen LogP contribution >= 0.6 is 0 Å². The number of nitriles is 1. The molecule has 0 saturated carbocycles. The number of hydrogen-bond acceptors (Lipinski definition) is 4. The zero-order chi connectivity index (χ0) is 9.14. The average molecular weight is 162 g/mol. The number of anilines is 1. The first kappa shape index (κ1) is 8.33. The molecule has 1 rings (SSSR count). The third kappa shape index (κ3) is 1.30. The van der Waals surface area contributed by atoms with Gasteiger partial charge in [-0.2, -0.15) is 5.26 Å². The molecule has 0 unspecified atom stereocenters. The maximum atomic E-state index is 11.1. The van der Waals surface area contributed by atoms with E-state index in [2.05, 4.69) is 15.2 Å². The fourth-order valence-corrected chi connectivity index (χ4v) is 0.871. The fraction of sp³-hybridized carbons (Fsp3) is 0.167. The molecule has 1 aromatic heterocycles. The van der Waals surface area contributed by atoms with Crippen LogP contribution in [-0.2, 0) is 0 Å². The van der Waals surface area contributed by atoms with E-state index in [0.717, 1.165) is 0 Å². The van der Waals surface area contributed by atoms with Gasteiger partial charge in [0.2, 0.25) is 7.98 Å². The maximum absolute atomic E-state index is 11.1. The molecule has 1 aromatic rings. The van der Waals surface area contributed by atoms with Gasteiger partial charge in [-0.05, 0) is 6.92 Å². The van der Waals surface area contributed by atoms with Gasteiger partial charge < -0.3 is 10.2 Å². The van der Waals surface area contributed by atoms with E-state index in [1.54, 1.807) is 21.0 Å². The molecule has 0 aliphatic carbocycles. The molecule has 6 heteroatoms. The molecule has 0 aromatic carbocycles. The van der Waals surface area contributed by atoms with Crippen LogP contribution in [0.5, 0.6) is 0 Å². The molecule has 0 atom stereocenters. The first-order valence-corrected chi connectivity index (χ1v) is 3.37. The Morgan fingerprint density at radius 1 is 1.75 bits per heavy atom. The molecule has 60 valence electrons. The molecule has 0 amide bonds. The Morgan fingerprint density at radius 2 is 2.42 bits per heavy atom. The van der Waals surface area contributed by atoms with E-state index >= 15 is 0 Å². The van der Waals surface area contributed by atoms with Crippen LogP contribution in [0.25, 0.3) is 0 Å². The number of H-pyrrole nitrogens is 1. The van der Waals surface area contributed by atoms with Crippen molar-refractivity contribution in [2.45, 2.75) is 6.92 Å². The zero-order valence-corrected chi connectivity index (χ0v) is 6.80. The predicted octanol–water partition coefficient (Wildman–Crippen LogP) is -1.09. The number of aromatic amines is 1. The van der Waals surface area contributed by atoms with Crippen molar-refractivity contribution in [3.05, 3.63) is 21.7 Å². The Kier molecular flexibility index (Phi) is 2.15. The van der Waals surface area contributed by atoms with Gasteiger partial charge in [0.1, 0.15) is 17.7 Å². The fourth-order valence-electron chi connectivity index (χ4n) is 0.871. The van der Waals surface area contributed by atoms with Crippen LogP contribution < -0.4 is 10.8 Å². The normalized spacial score (nSPS) is 9.00. The topological polar surface area (TPSA) is 81.6 Å². The van der Waals surface area contributed by atoms with Gasteiger partial charge in [0.15, 0.2) is 5.56 Å². The highest BCUT2D eigenvalue weighted by molar-refractivity contribution is 6.15. The summed E-state index contributed by atoms with van der Waals surface area (Å²) in [5, 5.41) is 11.2. The summed E-state index contributed by atoms with van der Waals surface area (Å²) in [7, 11) is 1.61. The summed E-state index contributed by atoms with van der Waals surface area (Å²) in [6, 6.07) is 1.77. The minimum absolute atomic E-state index is 0.0168. The number of aryl methyl sites for hydroxylation is 1. The SMILES string of the molecule is BNc1nc(C)[nH]c(=O)c1C#N. The van der Waals surface area contributed by atoms with Gasteiger partial charge in [-0.1, -0.05) is 0 Å². The molecule has 0 aliphatic rings. The van der Waals surface area contributed by atoms with Crippen molar-refractivity contribution in [1.29, 1.82) is 5.26 Å². The van der Waals surface area contributed by atoms with Gasteiger partial charge in [-0.3, -0.25) is 4.79 Å². The number of nitrogens with one attached hydrogen (secondary N) is 2. The van der Waals surface area contributed by atoms with Crippen LogP contribution in [0.3, 0.4) is 0 Å². The summed E-state index contributed by atoms with van der Waals surface area (Å²) in [5.41, 5.74) is -0.391. The van der Waals surface area contributed by atoms with Crippen molar-refractivity contribution in [3.63, 3.8) is 0 Å². The molecule has 0 saturated heterocycles. The van der Waals surface area contributed by atoms with Gasteiger partial charge in [-0.15, -0.1) is 0 Å². The monoisotopic (exact) mass is 162 g/mol. The van der Waals surface area contributed by atoms with Crippen molar-refractivity contribution < 1.29 is 0 Å². The summed E-state index contributed by atoms with van der Waals surface area (Å²) in [4.78, 5) is 17.5. The maximum Gasteiger partial charge on any atom is 0.270 e. The third-order valence-corrected chi connectivity index (χ3v) is 1.39. The largest absolute Gasteiger partial charge is 0.418 e. The third-order valence-electron chi connectivity index (χ3n) is 1.39. The molecule has 0 fully saturated rings. The molecule has 2 N–H and O–H groups in total. The van der Waals surface area contributed by atoms with Crippen LogP contribution in [0.2, 0.25) is 0 Å². The van der Waals surface area contributed by atoms with Crippen molar-refractivity contribution in [1.82, 2.24) is 9.97 Å². The Labute approximate surface area is 69.9 Å². The van der Waals surface area contributed by atoms with Crippen LogP contribution in [0, 0.1) is 18.3 Å². The predicted molar refractivity (Wildman–Crippen MR) is 46.5 cm³/mol. The minimum atomic E-state index is -0.408. The number of aromatic nitrogens is 2. The Morgan fingerprint density at radius 3 is 2.92 bits per heavy atom. The van der Waals surface area contributed by atoms with Crippen LogP contribution in [0.4, 0.5) is 5.82 Å². The highest BCUT2D eigenvalue weighted by Crippen LogP contribution is 2.03. The van der Waals surface area contributed by atoms with Crippen LogP contribution in [-0.4, -0.2) is 17.9 Å². The van der Waals surface area contributed by atoms with Crippen LogP contribution in [0.15, 0.2) is 4.79 Å². The molecule has 1 heterocycles. The van der Waals surface area contributed by atoms with Gasteiger partial charge >= 0.3 is 0 Å². The lowest BCUT2D eigenvalue weighted by Gasteiger charge is -2.01. The van der Waals surface area contributed by atoms with E-state index in [1.165, 1.54) is 0 Å². The smallest absolute Gasteiger partial charge is 0.270 e. The van der Waals surface area contributed by atoms with Crippen molar-refractivity contribution in [2.24, 2.45) is 0 Å². The zero-order valence-electron chi connectivity index (χ0n) is 6.80. The van der Waals surface area contributed by atoms with Crippen molar-refractivity contribution in [2.75, 3.05) is 5.23 Å². The molecular weight excluding hydrogens is 155 g/mol. The van der Waals surface area contributed by atoms with E-state index in [1.807, 2.05) is 0 Å². The molecule has 12 heavy (non-hydrogen) atoms. The standard InChI is InChI=1S/C6H7BN4O/c1-3-9-5(11-7)4(2-8)6(12)10-3/h7H2,1H3,(H2,9,10,11,12). The molecule has 5 nitrogen and oxygen atoms in total. The van der Waals surface area contributed by atoms with E-state index in [0.29, 0.717) is 11.6 Å². The lowest BCUT2D eigenvalue weighted by Crippen LogP contribution is -2.16. The van der Waals surface area contributed by atoms with Crippen LogP contribution in [0.1, 0.15) is 11.4 Å².